The van der Waals surface area contributed by atoms with Crippen molar-refractivity contribution in [3.8, 4) is 0 Å². The molecule has 0 bridgehead atoms. The van der Waals surface area contributed by atoms with Crippen LogP contribution in [0.5, 0.6) is 0 Å². The Morgan fingerprint density at radius 3 is 1.40 bits per heavy atom. The number of likely N-dealkylation sites (N-methyl/N-ethyl adjacent to an activating group) is 2. The Balaban J connectivity index is 1.78. The Kier molecular flexibility index (Phi) is 17.8. The lowest BCUT2D eigenvalue weighted by Crippen LogP contribution is -2.59. The number of carbonyl (C=O) groups excluding carboxylic acids is 8. The van der Waals surface area contributed by atoms with E-state index in [4.69, 9.17) is 0 Å². The zero-order valence-corrected chi connectivity index (χ0v) is 39.3. The highest BCUT2D eigenvalue weighted by Gasteiger charge is 2.47. The lowest BCUT2D eigenvalue weighted by Gasteiger charge is -2.36. The molecule has 1 aromatic rings. The SMILES string of the molecule is CN[C@@H](C)C(=O)N[C@H](C(=O)N1C[C@@H](CC(=O)c2ccc(C(=O)N[C@H]3C[C@@H](C(=O)NC(C)C)N(C(=O)[C@@H](NC(=O)[C@H](C)NC)C(C)(C)C)C3)cc2)C[C@H]1C(=O)NC(C)C)C(C)(C)C. The van der Waals surface area contributed by atoms with Crippen LogP contribution in [0.1, 0.15) is 123 Å². The van der Waals surface area contributed by atoms with Crippen molar-refractivity contribution in [2.45, 2.75) is 157 Å². The molecule has 2 aliphatic rings. The first-order chi connectivity index (χ1) is 28.7. The minimum atomic E-state index is -0.948. The van der Waals surface area contributed by atoms with Crippen molar-refractivity contribution in [2.75, 3.05) is 27.2 Å². The van der Waals surface area contributed by atoms with E-state index in [0.717, 1.165) is 0 Å². The Bertz CT molecular complexity index is 1670. The fourth-order valence-electron chi connectivity index (χ4n) is 7.64. The standard InChI is InChI=1S/C45H73N9O8/c1-24(2)48-40(59)32-19-28(22-53(32)42(61)35(44(7,8)9)51-37(56)26(5)46-13)20-34(55)29-15-17-30(18-16-29)39(58)50-31-21-33(41(60)49-25(3)4)54(23-31)43(62)36(45(10,11)12)52-38(57)27(6)47-14/h15-18,24-28,31-33,35-36,46-47H,19-23H2,1-14H3,(H,48,59)(H,49,60)(H,50,58)(H,51,56)(H,52,57)/t26-,27-,28+,31-,32-,33-,35+,36+/m0/s1. The van der Waals surface area contributed by atoms with Gasteiger partial charge >= 0.3 is 0 Å². The van der Waals surface area contributed by atoms with Gasteiger partial charge in [-0.25, -0.2) is 0 Å². The maximum absolute atomic E-state index is 14.2. The maximum Gasteiger partial charge on any atom is 0.251 e. The van der Waals surface area contributed by atoms with Gasteiger partial charge in [0.2, 0.25) is 35.4 Å². The maximum atomic E-state index is 14.2. The molecule has 2 aliphatic heterocycles. The molecule has 1 aromatic carbocycles. The van der Waals surface area contributed by atoms with E-state index in [1.165, 1.54) is 21.9 Å². The van der Waals surface area contributed by atoms with Crippen LogP contribution < -0.4 is 37.2 Å². The van der Waals surface area contributed by atoms with Crippen molar-refractivity contribution in [1.82, 2.24) is 47.0 Å². The number of likely N-dealkylation sites (tertiary alicyclic amines) is 2. The molecule has 3 rings (SSSR count). The summed E-state index contributed by atoms with van der Waals surface area (Å²) in [5.74, 6) is -3.27. The van der Waals surface area contributed by atoms with Gasteiger partial charge in [0.25, 0.3) is 5.91 Å². The third-order valence-corrected chi connectivity index (χ3v) is 11.5. The normalized spacial score (nSPS) is 21.2. The molecule has 2 saturated heterocycles. The molecule has 8 atom stereocenters. The lowest BCUT2D eigenvalue weighted by molar-refractivity contribution is -0.144. The topological polar surface area (TPSA) is 227 Å². The molecule has 2 fully saturated rings. The molecular weight excluding hydrogens is 795 g/mol. The fourth-order valence-corrected chi connectivity index (χ4v) is 7.64. The van der Waals surface area contributed by atoms with Crippen molar-refractivity contribution in [3.63, 3.8) is 0 Å². The van der Waals surface area contributed by atoms with Crippen LogP contribution in [0.15, 0.2) is 24.3 Å². The predicted molar refractivity (Wildman–Crippen MR) is 237 cm³/mol. The third-order valence-electron chi connectivity index (χ3n) is 11.5. The van der Waals surface area contributed by atoms with Gasteiger partial charge in [-0.05, 0) is 97.4 Å². The highest BCUT2D eigenvalue weighted by molar-refractivity contribution is 6.00. The van der Waals surface area contributed by atoms with E-state index in [1.54, 1.807) is 40.1 Å². The molecule has 17 heteroatoms. The van der Waals surface area contributed by atoms with E-state index in [9.17, 15) is 38.4 Å². The summed E-state index contributed by atoms with van der Waals surface area (Å²) in [5.41, 5.74) is -0.764. The fraction of sp³-hybridized carbons (Fsp3) is 0.689. The van der Waals surface area contributed by atoms with Gasteiger partial charge in [-0.3, -0.25) is 38.4 Å². The van der Waals surface area contributed by atoms with E-state index in [1.807, 2.05) is 69.2 Å². The summed E-state index contributed by atoms with van der Waals surface area (Å²) in [5, 5.41) is 20.2. The van der Waals surface area contributed by atoms with E-state index in [-0.39, 0.29) is 85.3 Å². The average Bonchev–Trinajstić information content (AvgIpc) is 3.81. The monoisotopic (exact) mass is 868 g/mol. The van der Waals surface area contributed by atoms with Crippen molar-refractivity contribution in [2.24, 2.45) is 16.7 Å². The highest BCUT2D eigenvalue weighted by Crippen LogP contribution is 2.32. The molecule has 7 N–H and O–H groups in total. The van der Waals surface area contributed by atoms with Crippen LogP contribution in [0.4, 0.5) is 0 Å². The van der Waals surface area contributed by atoms with Crippen molar-refractivity contribution in [1.29, 1.82) is 0 Å². The Labute approximate surface area is 367 Å². The van der Waals surface area contributed by atoms with Crippen LogP contribution in [-0.4, -0.2) is 138 Å². The minimum absolute atomic E-state index is 0.0381. The molecule has 62 heavy (non-hydrogen) atoms. The Hall–Kier alpha value is -4.90. The molecule has 0 radical (unpaired) electrons. The first-order valence-electron chi connectivity index (χ1n) is 21.8. The van der Waals surface area contributed by atoms with E-state index >= 15 is 0 Å². The van der Waals surface area contributed by atoms with E-state index < -0.39 is 70.8 Å². The predicted octanol–water partition coefficient (Wildman–Crippen LogP) is 1.50. The first kappa shape index (κ1) is 51.5. The molecule has 17 nitrogen and oxygen atoms in total. The van der Waals surface area contributed by atoms with Crippen molar-refractivity contribution in [3.05, 3.63) is 35.4 Å². The summed E-state index contributed by atoms with van der Waals surface area (Å²) in [6.45, 7) is 21.9. The van der Waals surface area contributed by atoms with Gasteiger partial charge in [-0.15, -0.1) is 0 Å². The molecule has 0 unspecified atom stereocenters. The van der Waals surface area contributed by atoms with Crippen LogP contribution in [0.25, 0.3) is 0 Å². The second-order valence-corrected chi connectivity index (χ2v) is 19.7. The lowest BCUT2D eigenvalue weighted by atomic mass is 9.85. The number of carbonyl (C=O) groups is 8. The molecule has 0 saturated carbocycles. The Morgan fingerprint density at radius 1 is 0.597 bits per heavy atom. The summed E-state index contributed by atoms with van der Waals surface area (Å²) < 4.78 is 0. The zero-order valence-electron chi connectivity index (χ0n) is 39.3. The zero-order chi connectivity index (χ0) is 47.0. The molecule has 2 heterocycles. The van der Waals surface area contributed by atoms with Crippen LogP contribution >= 0.6 is 0 Å². The largest absolute Gasteiger partial charge is 0.352 e. The van der Waals surface area contributed by atoms with Gasteiger partial charge in [0.05, 0.1) is 12.1 Å². The molecule has 0 aromatic heterocycles. The van der Waals surface area contributed by atoms with Gasteiger partial charge in [0.15, 0.2) is 5.78 Å². The summed E-state index contributed by atoms with van der Waals surface area (Å²) in [6.07, 6.45) is 0.447. The van der Waals surface area contributed by atoms with E-state index in [0.29, 0.717) is 5.56 Å². The summed E-state index contributed by atoms with van der Waals surface area (Å²) in [4.78, 5) is 111. The van der Waals surface area contributed by atoms with Gasteiger partial charge in [0, 0.05) is 48.8 Å². The number of hydrogen-bond donors (Lipinski definition) is 7. The third kappa shape index (κ3) is 13.5. The number of nitrogens with zero attached hydrogens (tertiary/aromatic N) is 2. The average molecular weight is 868 g/mol. The highest BCUT2D eigenvalue weighted by atomic mass is 16.2. The summed E-state index contributed by atoms with van der Waals surface area (Å²) in [6, 6.07) is 0.496. The van der Waals surface area contributed by atoms with Gasteiger partial charge < -0.3 is 47.0 Å². The van der Waals surface area contributed by atoms with Gasteiger partial charge in [-0.2, -0.15) is 0 Å². The van der Waals surface area contributed by atoms with Gasteiger partial charge in [0.1, 0.15) is 24.2 Å². The second kappa shape index (κ2) is 21.5. The van der Waals surface area contributed by atoms with Crippen molar-refractivity contribution < 1.29 is 38.4 Å². The van der Waals surface area contributed by atoms with E-state index in [2.05, 4.69) is 37.2 Å². The van der Waals surface area contributed by atoms with Crippen LogP contribution in [0.3, 0.4) is 0 Å². The number of Topliss-reactive ketones (excluding diaryl/α,β-unsaturated/α-hetero) is 1. The number of benzene rings is 1. The van der Waals surface area contributed by atoms with Crippen LogP contribution in [0.2, 0.25) is 0 Å². The quantitative estimate of drug-likeness (QED) is 0.112. The van der Waals surface area contributed by atoms with Gasteiger partial charge in [-0.1, -0.05) is 53.7 Å². The second-order valence-electron chi connectivity index (χ2n) is 19.7. The number of ketones is 1. The van der Waals surface area contributed by atoms with Crippen LogP contribution in [-0.2, 0) is 28.8 Å². The smallest absolute Gasteiger partial charge is 0.251 e. The Morgan fingerprint density at radius 2 is 1.00 bits per heavy atom. The molecule has 346 valence electrons. The molecule has 7 amide bonds. The molecule has 0 spiro atoms. The number of hydrogen-bond acceptors (Lipinski definition) is 10. The summed E-state index contributed by atoms with van der Waals surface area (Å²) in [7, 11) is 3.29. The number of amides is 7. The summed E-state index contributed by atoms with van der Waals surface area (Å²) >= 11 is 0. The molecular formula is C45H73N9O8. The minimum Gasteiger partial charge on any atom is -0.352 e. The number of rotatable bonds is 17. The molecule has 0 aliphatic carbocycles. The van der Waals surface area contributed by atoms with Crippen molar-refractivity contribution >= 4 is 47.1 Å². The first-order valence-corrected chi connectivity index (χ1v) is 21.8. The number of nitrogens with one attached hydrogen (secondary N) is 7. The van der Waals surface area contributed by atoms with Crippen LogP contribution in [0, 0.1) is 16.7 Å².